The Morgan fingerprint density at radius 2 is 1.84 bits per heavy atom. The molecule has 6 nitrogen and oxygen atoms in total. The Balaban J connectivity index is 1.86. The fourth-order valence-corrected chi connectivity index (χ4v) is 3.06. The highest BCUT2D eigenvalue weighted by molar-refractivity contribution is 5.81. The standard InChI is InChI=1S/C19H29N3O3/c1-3-21(17-9-6-5-7-10-17)15-18(23)22-12-8-11-20(13-14-22)16-19(24)25-4-2/h5-7,9-10H,3-4,8,11-16H2,1-2H3. The van der Waals surface area contributed by atoms with Gasteiger partial charge in [0.15, 0.2) is 0 Å². The van der Waals surface area contributed by atoms with Crippen LogP contribution < -0.4 is 4.90 Å². The van der Waals surface area contributed by atoms with Crippen molar-refractivity contribution < 1.29 is 14.3 Å². The topological polar surface area (TPSA) is 53.1 Å². The summed E-state index contributed by atoms with van der Waals surface area (Å²) in [5.41, 5.74) is 1.07. The summed E-state index contributed by atoms with van der Waals surface area (Å²) in [6, 6.07) is 10.0. The number of ether oxygens (including phenoxy) is 1. The molecule has 1 aromatic rings. The fraction of sp³-hybridized carbons (Fsp3) is 0.579. The van der Waals surface area contributed by atoms with E-state index in [-0.39, 0.29) is 11.9 Å². The smallest absolute Gasteiger partial charge is 0.320 e. The summed E-state index contributed by atoms with van der Waals surface area (Å²) in [6.07, 6.45) is 0.878. The van der Waals surface area contributed by atoms with Gasteiger partial charge in [0, 0.05) is 38.4 Å². The molecule has 0 N–H and O–H groups in total. The maximum atomic E-state index is 12.7. The zero-order valence-electron chi connectivity index (χ0n) is 15.3. The van der Waals surface area contributed by atoms with Gasteiger partial charge in [-0.25, -0.2) is 0 Å². The van der Waals surface area contributed by atoms with Crippen molar-refractivity contribution in [1.82, 2.24) is 9.80 Å². The van der Waals surface area contributed by atoms with Crippen LogP contribution in [0.3, 0.4) is 0 Å². The number of carbonyl (C=O) groups excluding carboxylic acids is 2. The van der Waals surface area contributed by atoms with Crippen LogP contribution in [0.15, 0.2) is 30.3 Å². The van der Waals surface area contributed by atoms with Gasteiger partial charge in [-0.05, 0) is 32.4 Å². The van der Waals surface area contributed by atoms with Crippen molar-refractivity contribution in [1.29, 1.82) is 0 Å². The van der Waals surface area contributed by atoms with Gasteiger partial charge in [-0.2, -0.15) is 0 Å². The third kappa shape index (κ3) is 6.05. The second-order valence-corrected chi connectivity index (χ2v) is 6.17. The first kappa shape index (κ1) is 19.2. The van der Waals surface area contributed by atoms with Gasteiger partial charge >= 0.3 is 5.97 Å². The SMILES string of the molecule is CCOC(=O)CN1CCCN(C(=O)CN(CC)c2ccccc2)CC1. The van der Waals surface area contributed by atoms with Gasteiger partial charge in [-0.3, -0.25) is 14.5 Å². The fourth-order valence-electron chi connectivity index (χ4n) is 3.06. The summed E-state index contributed by atoms with van der Waals surface area (Å²) in [5.74, 6) is -0.0489. The minimum atomic E-state index is -0.191. The van der Waals surface area contributed by atoms with E-state index in [2.05, 4.69) is 16.7 Å². The molecule has 0 unspecified atom stereocenters. The molecule has 1 heterocycles. The molecule has 1 aromatic carbocycles. The molecule has 1 amide bonds. The van der Waals surface area contributed by atoms with Gasteiger partial charge < -0.3 is 14.5 Å². The molecule has 1 saturated heterocycles. The number of nitrogens with zero attached hydrogens (tertiary/aromatic N) is 3. The van der Waals surface area contributed by atoms with Gasteiger partial charge in [0.05, 0.1) is 19.7 Å². The Kier molecular flexibility index (Phi) is 7.73. The lowest BCUT2D eigenvalue weighted by atomic mass is 10.2. The van der Waals surface area contributed by atoms with Crippen LogP contribution in [0.4, 0.5) is 5.69 Å². The number of anilines is 1. The summed E-state index contributed by atoms with van der Waals surface area (Å²) >= 11 is 0. The van der Waals surface area contributed by atoms with E-state index >= 15 is 0 Å². The summed E-state index contributed by atoms with van der Waals surface area (Å²) in [5, 5.41) is 0. The molecule has 1 aliphatic heterocycles. The average Bonchev–Trinajstić information content (AvgIpc) is 2.86. The molecule has 6 heteroatoms. The molecule has 0 bridgehead atoms. The van der Waals surface area contributed by atoms with Gasteiger partial charge in [0.25, 0.3) is 0 Å². The Bertz CT molecular complexity index is 550. The molecule has 1 fully saturated rings. The highest BCUT2D eigenvalue weighted by atomic mass is 16.5. The predicted octanol–water partition coefficient (Wildman–Crippen LogP) is 1.61. The van der Waals surface area contributed by atoms with E-state index in [1.807, 2.05) is 42.2 Å². The lowest BCUT2D eigenvalue weighted by molar-refractivity contribution is -0.144. The number of rotatable bonds is 7. The van der Waals surface area contributed by atoms with Crippen LogP contribution in [0.25, 0.3) is 0 Å². The van der Waals surface area contributed by atoms with E-state index in [1.165, 1.54) is 0 Å². The molecule has 0 radical (unpaired) electrons. The molecule has 0 atom stereocenters. The van der Waals surface area contributed by atoms with Crippen molar-refractivity contribution in [2.45, 2.75) is 20.3 Å². The molecule has 1 aliphatic rings. The molecule has 0 spiro atoms. The first-order valence-electron chi connectivity index (χ1n) is 9.09. The van der Waals surface area contributed by atoms with Crippen molar-refractivity contribution in [3.63, 3.8) is 0 Å². The third-order valence-electron chi connectivity index (χ3n) is 4.43. The van der Waals surface area contributed by atoms with Crippen LogP contribution in [-0.4, -0.2) is 74.1 Å². The number of hydrogen-bond donors (Lipinski definition) is 0. The first-order chi connectivity index (χ1) is 12.1. The van der Waals surface area contributed by atoms with Crippen molar-refractivity contribution in [3.8, 4) is 0 Å². The number of para-hydroxylation sites is 1. The van der Waals surface area contributed by atoms with Crippen molar-refractivity contribution in [3.05, 3.63) is 30.3 Å². The Morgan fingerprint density at radius 3 is 2.52 bits per heavy atom. The van der Waals surface area contributed by atoms with Crippen molar-refractivity contribution >= 4 is 17.6 Å². The van der Waals surface area contributed by atoms with Crippen LogP contribution >= 0.6 is 0 Å². The van der Waals surface area contributed by atoms with Crippen LogP contribution in [0, 0.1) is 0 Å². The Labute approximate surface area is 150 Å². The first-order valence-corrected chi connectivity index (χ1v) is 9.09. The number of likely N-dealkylation sites (N-methyl/N-ethyl adjacent to an activating group) is 1. The molecular formula is C19H29N3O3. The summed E-state index contributed by atoms with van der Waals surface area (Å²) in [7, 11) is 0. The molecular weight excluding hydrogens is 318 g/mol. The van der Waals surface area contributed by atoms with E-state index in [1.54, 1.807) is 0 Å². The zero-order valence-corrected chi connectivity index (χ0v) is 15.3. The second-order valence-electron chi connectivity index (χ2n) is 6.17. The van der Waals surface area contributed by atoms with Crippen molar-refractivity contribution in [2.75, 3.05) is 57.3 Å². The molecule has 0 saturated carbocycles. The van der Waals surface area contributed by atoms with Gasteiger partial charge in [-0.15, -0.1) is 0 Å². The van der Waals surface area contributed by atoms with Crippen LogP contribution in [0.2, 0.25) is 0 Å². The molecule has 0 aliphatic carbocycles. The van der Waals surface area contributed by atoms with Crippen LogP contribution in [0.5, 0.6) is 0 Å². The van der Waals surface area contributed by atoms with Crippen molar-refractivity contribution in [2.24, 2.45) is 0 Å². The van der Waals surface area contributed by atoms with Crippen LogP contribution in [0.1, 0.15) is 20.3 Å². The normalized spacial score (nSPS) is 15.5. The Morgan fingerprint density at radius 1 is 1.08 bits per heavy atom. The lowest BCUT2D eigenvalue weighted by Crippen LogP contribution is -2.42. The quantitative estimate of drug-likeness (QED) is 0.702. The molecule has 0 aromatic heterocycles. The maximum Gasteiger partial charge on any atom is 0.320 e. The number of amides is 1. The predicted molar refractivity (Wildman–Crippen MR) is 98.6 cm³/mol. The number of hydrogen-bond acceptors (Lipinski definition) is 5. The van der Waals surface area contributed by atoms with Gasteiger partial charge in [-0.1, -0.05) is 18.2 Å². The average molecular weight is 347 g/mol. The van der Waals surface area contributed by atoms with E-state index < -0.39 is 0 Å². The minimum Gasteiger partial charge on any atom is -0.465 e. The second kappa shape index (κ2) is 10.0. The maximum absolute atomic E-state index is 12.7. The third-order valence-corrected chi connectivity index (χ3v) is 4.43. The summed E-state index contributed by atoms with van der Waals surface area (Å²) in [4.78, 5) is 30.4. The van der Waals surface area contributed by atoms with Gasteiger partial charge in [0.1, 0.15) is 0 Å². The van der Waals surface area contributed by atoms with E-state index in [9.17, 15) is 9.59 Å². The van der Waals surface area contributed by atoms with E-state index in [4.69, 9.17) is 4.74 Å². The summed E-state index contributed by atoms with van der Waals surface area (Å²) < 4.78 is 5.01. The molecule has 138 valence electrons. The van der Waals surface area contributed by atoms with Gasteiger partial charge in [0.2, 0.25) is 5.91 Å². The number of esters is 1. The highest BCUT2D eigenvalue weighted by Gasteiger charge is 2.22. The Hall–Kier alpha value is -2.08. The number of benzene rings is 1. The summed E-state index contributed by atoms with van der Waals surface area (Å²) in [6.45, 7) is 8.69. The largest absolute Gasteiger partial charge is 0.465 e. The number of carbonyl (C=O) groups is 2. The zero-order chi connectivity index (χ0) is 18.1. The van der Waals surface area contributed by atoms with Crippen LogP contribution in [-0.2, 0) is 14.3 Å². The molecule has 2 rings (SSSR count). The van der Waals surface area contributed by atoms with E-state index in [0.29, 0.717) is 32.8 Å². The molecule has 25 heavy (non-hydrogen) atoms. The van der Waals surface area contributed by atoms with E-state index in [0.717, 1.165) is 31.7 Å². The monoisotopic (exact) mass is 347 g/mol. The highest BCUT2D eigenvalue weighted by Crippen LogP contribution is 2.13. The lowest BCUT2D eigenvalue weighted by Gasteiger charge is -2.27. The minimum absolute atomic E-state index is 0.142.